The van der Waals surface area contributed by atoms with E-state index in [2.05, 4.69) is 0 Å². The van der Waals surface area contributed by atoms with Crippen LogP contribution in [-0.2, 0) is 4.79 Å². The molecule has 0 radical (unpaired) electrons. The van der Waals surface area contributed by atoms with Crippen LogP contribution in [0.25, 0.3) is 0 Å². The van der Waals surface area contributed by atoms with E-state index in [-0.39, 0.29) is 5.75 Å². The maximum atomic E-state index is 11.7. The average molecular weight is 215 g/mol. The Morgan fingerprint density at radius 1 is 1.54 bits per heavy atom. The fourth-order valence-electron chi connectivity index (χ4n) is 0.718. The van der Waals surface area contributed by atoms with Gasteiger partial charge in [0, 0.05) is 11.7 Å². The lowest BCUT2D eigenvalue weighted by Crippen LogP contribution is -2.25. The van der Waals surface area contributed by atoms with E-state index in [0.29, 0.717) is 18.2 Å². The van der Waals surface area contributed by atoms with Crippen LogP contribution < -0.4 is 5.73 Å². The third-order valence-corrected chi connectivity index (χ3v) is 2.65. The molecule has 0 aromatic heterocycles. The highest BCUT2D eigenvalue weighted by Gasteiger charge is 2.27. The number of rotatable bonds is 5. The normalized spacial score (nSPS) is 14.2. The van der Waals surface area contributed by atoms with Crippen LogP contribution in [0.4, 0.5) is 13.2 Å². The number of alkyl halides is 3. The Labute approximate surface area is 79.1 Å². The fourth-order valence-corrected chi connectivity index (χ4v) is 1.75. The van der Waals surface area contributed by atoms with E-state index in [1.165, 1.54) is 0 Å². The van der Waals surface area contributed by atoms with Gasteiger partial charge in [-0.3, -0.25) is 4.79 Å². The zero-order valence-electron chi connectivity index (χ0n) is 7.23. The average Bonchev–Trinajstić information content (AvgIpc) is 1.95. The van der Waals surface area contributed by atoms with E-state index in [1.54, 1.807) is 6.92 Å². The summed E-state index contributed by atoms with van der Waals surface area (Å²) < 4.78 is 35.0. The standard InChI is InChI=1S/C7H12F3NOS/c1-2-5(6(11)12)3-13-4-7(8,9)10/h5H,2-4H2,1H3,(H2,11,12). The number of carbonyl (C=O) groups excluding carboxylic acids is 1. The molecule has 0 fully saturated rings. The number of amides is 1. The monoisotopic (exact) mass is 215 g/mol. The summed E-state index contributed by atoms with van der Waals surface area (Å²) in [6.07, 6.45) is -3.68. The first-order valence-corrected chi connectivity index (χ1v) is 4.96. The van der Waals surface area contributed by atoms with Crippen molar-refractivity contribution in [3.8, 4) is 0 Å². The second-order valence-electron chi connectivity index (χ2n) is 2.64. The molecule has 0 saturated carbocycles. The number of carbonyl (C=O) groups is 1. The second kappa shape index (κ2) is 5.36. The minimum atomic E-state index is -4.17. The molecule has 0 aromatic carbocycles. The highest BCUT2D eigenvalue weighted by Crippen LogP contribution is 2.23. The van der Waals surface area contributed by atoms with Crippen LogP contribution in [0.15, 0.2) is 0 Å². The SMILES string of the molecule is CCC(CSCC(F)(F)F)C(N)=O. The molecular weight excluding hydrogens is 203 g/mol. The van der Waals surface area contributed by atoms with Crippen molar-refractivity contribution in [2.45, 2.75) is 19.5 Å². The van der Waals surface area contributed by atoms with Crippen LogP contribution in [0.2, 0.25) is 0 Å². The first-order valence-electron chi connectivity index (χ1n) is 3.80. The summed E-state index contributed by atoms with van der Waals surface area (Å²) in [5, 5.41) is 0. The van der Waals surface area contributed by atoms with Crippen molar-refractivity contribution >= 4 is 17.7 Å². The minimum Gasteiger partial charge on any atom is -0.369 e. The van der Waals surface area contributed by atoms with Crippen LogP contribution in [0.1, 0.15) is 13.3 Å². The summed E-state index contributed by atoms with van der Waals surface area (Å²) in [7, 11) is 0. The summed E-state index contributed by atoms with van der Waals surface area (Å²) >= 11 is 0.695. The molecule has 0 bridgehead atoms. The lowest BCUT2D eigenvalue weighted by molar-refractivity contribution is -0.121. The van der Waals surface area contributed by atoms with E-state index in [0.717, 1.165) is 0 Å². The van der Waals surface area contributed by atoms with Crippen LogP contribution >= 0.6 is 11.8 Å². The van der Waals surface area contributed by atoms with Crippen molar-refractivity contribution in [3.63, 3.8) is 0 Å². The third kappa shape index (κ3) is 6.74. The largest absolute Gasteiger partial charge is 0.397 e. The lowest BCUT2D eigenvalue weighted by atomic mass is 10.1. The highest BCUT2D eigenvalue weighted by atomic mass is 32.2. The fraction of sp³-hybridized carbons (Fsp3) is 0.857. The molecule has 0 heterocycles. The molecule has 0 aliphatic heterocycles. The van der Waals surface area contributed by atoms with Crippen molar-refractivity contribution in [1.82, 2.24) is 0 Å². The van der Waals surface area contributed by atoms with E-state index >= 15 is 0 Å². The van der Waals surface area contributed by atoms with Gasteiger partial charge in [0.25, 0.3) is 0 Å². The summed E-state index contributed by atoms with van der Waals surface area (Å²) in [6.45, 7) is 1.73. The second-order valence-corrected chi connectivity index (χ2v) is 3.67. The topological polar surface area (TPSA) is 43.1 Å². The Balaban J connectivity index is 3.68. The molecule has 0 aromatic rings. The highest BCUT2D eigenvalue weighted by molar-refractivity contribution is 7.99. The molecule has 0 aliphatic rings. The van der Waals surface area contributed by atoms with Crippen LogP contribution in [0.5, 0.6) is 0 Å². The van der Waals surface area contributed by atoms with Gasteiger partial charge in [0.1, 0.15) is 0 Å². The number of thioether (sulfide) groups is 1. The van der Waals surface area contributed by atoms with Gasteiger partial charge < -0.3 is 5.73 Å². The van der Waals surface area contributed by atoms with Crippen molar-refractivity contribution in [3.05, 3.63) is 0 Å². The summed E-state index contributed by atoms with van der Waals surface area (Å²) in [5.74, 6) is -1.76. The Hall–Kier alpha value is -0.390. The molecule has 1 unspecified atom stereocenters. The van der Waals surface area contributed by atoms with E-state index in [9.17, 15) is 18.0 Å². The molecule has 0 aliphatic carbocycles. The van der Waals surface area contributed by atoms with Gasteiger partial charge in [-0.25, -0.2) is 0 Å². The first kappa shape index (κ1) is 12.6. The molecular formula is C7H12F3NOS. The van der Waals surface area contributed by atoms with Gasteiger partial charge in [-0.1, -0.05) is 6.92 Å². The zero-order valence-corrected chi connectivity index (χ0v) is 8.04. The molecule has 0 saturated heterocycles. The van der Waals surface area contributed by atoms with Crippen LogP contribution in [0, 0.1) is 5.92 Å². The van der Waals surface area contributed by atoms with E-state index in [1.807, 2.05) is 0 Å². The maximum absolute atomic E-state index is 11.7. The molecule has 1 amide bonds. The molecule has 6 heteroatoms. The van der Waals surface area contributed by atoms with Crippen LogP contribution in [0.3, 0.4) is 0 Å². The molecule has 0 rings (SSSR count). The number of hydrogen-bond donors (Lipinski definition) is 1. The van der Waals surface area contributed by atoms with E-state index < -0.39 is 23.8 Å². The van der Waals surface area contributed by atoms with Crippen molar-refractivity contribution < 1.29 is 18.0 Å². The van der Waals surface area contributed by atoms with Crippen molar-refractivity contribution in [2.24, 2.45) is 11.7 Å². The molecule has 78 valence electrons. The maximum Gasteiger partial charge on any atom is 0.397 e. The first-order chi connectivity index (χ1) is 5.87. The van der Waals surface area contributed by atoms with Gasteiger partial charge in [0.05, 0.1) is 5.75 Å². The predicted octanol–water partition coefficient (Wildman–Crippen LogP) is 1.79. The third-order valence-electron chi connectivity index (χ3n) is 1.48. The quantitative estimate of drug-likeness (QED) is 0.759. The van der Waals surface area contributed by atoms with Crippen molar-refractivity contribution in [2.75, 3.05) is 11.5 Å². The molecule has 2 N–H and O–H groups in total. The number of hydrogen-bond acceptors (Lipinski definition) is 2. The Bertz CT molecular complexity index is 172. The van der Waals surface area contributed by atoms with Crippen LogP contribution in [-0.4, -0.2) is 23.6 Å². The molecule has 1 atom stereocenters. The van der Waals surface area contributed by atoms with Gasteiger partial charge in [0.15, 0.2) is 0 Å². The summed E-state index contributed by atoms with van der Waals surface area (Å²) in [5.41, 5.74) is 4.96. The molecule has 13 heavy (non-hydrogen) atoms. The Morgan fingerprint density at radius 3 is 2.38 bits per heavy atom. The Morgan fingerprint density at radius 2 is 2.08 bits per heavy atom. The summed E-state index contributed by atoms with van der Waals surface area (Å²) in [6, 6.07) is 0. The van der Waals surface area contributed by atoms with E-state index in [4.69, 9.17) is 5.73 Å². The van der Waals surface area contributed by atoms with Gasteiger partial charge in [0.2, 0.25) is 5.91 Å². The molecule has 0 spiro atoms. The smallest absolute Gasteiger partial charge is 0.369 e. The molecule has 2 nitrogen and oxygen atoms in total. The number of halogens is 3. The zero-order chi connectivity index (χ0) is 10.5. The minimum absolute atomic E-state index is 0.144. The number of primary amides is 1. The Kier molecular flexibility index (Phi) is 5.20. The van der Waals surface area contributed by atoms with Gasteiger partial charge >= 0.3 is 6.18 Å². The van der Waals surface area contributed by atoms with Crippen molar-refractivity contribution in [1.29, 1.82) is 0 Å². The van der Waals surface area contributed by atoms with Gasteiger partial charge in [-0.15, -0.1) is 0 Å². The van der Waals surface area contributed by atoms with Gasteiger partial charge in [-0.2, -0.15) is 24.9 Å². The predicted molar refractivity (Wildman–Crippen MR) is 46.4 cm³/mol. The lowest BCUT2D eigenvalue weighted by Gasteiger charge is -2.11. The van der Waals surface area contributed by atoms with Gasteiger partial charge in [-0.05, 0) is 6.42 Å². The summed E-state index contributed by atoms with van der Waals surface area (Å²) in [4.78, 5) is 10.6. The number of nitrogens with two attached hydrogens (primary N) is 1.